The fourth-order valence-corrected chi connectivity index (χ4v) is 3.05. The number of carboxylic acid groups (broad SMARTS) is 1. The molecule has 3 N–H and O–H groups in total. The van der Waals surface area contributed by atoms with E-state index < -0.39 is 11.5 Å². The molecule has 0 saturated heterocycles. The minimum Gasteiger partial charge on any atom is -0.481 e. The van der Waals surface area contributed by atoms with Gasteiger partial charge < -0.3 is 15.5 Å². The summed E-state index contributed by atoms with van der Waals surface area (Å²) in [4.78, 5) is 22.1. The minimum atomic E-state index is -0.920. The molecule has 1 fully saturated rings. The molecule has 1 saturated carbocycles. The van der Waals surface area contributed by atoms with Gasteiger partial charge in [0.25, 0.3) is 0 Å². The average Bonchev–Trinajstić information content (AvgIpc) is 2.28. The molecule has 6 heteroatoms. The molecule has 0 bridgehead atoms. The van der Waals surface area contributed by atoms with Crippen LogP contribution in [0.15, 0.2) is 0 Å². The molecule has 1 rings (SSSR count). The lowest BCUT2D eigenvalue weighted by molar-refractivity contribution is -0.133. The van der Waals surface area contributed by atoms with Gasteiger partial charge in [-0.05, 0) is 18.8 Å². The summed E-state index contributed by atoms with van der Waals surface area (Å²) in [6, 6.07) is 0. The highest BCUT2D eigenvalue weighted by atomic mass is 32.2. The average molecular weight is 275 g/mol. The van der Waals surface area contributed by atoms with Gasteiger partial charge in [0.2, 0.25) is 5.91 Å². The van der Waals surface area contributed by atoms with Crippen molar-refractivity contribution in [3.05, 3.63) is 0 Å². The van der Waals surface area contributed by atoms with Crippen molar-refractivity contribution >= 4 is 23.6 Å². The molecule has 1 aliphatic rings. The van der Waals surface area contributed by atoms with Crippen LogP contribution in [0.5, 0.6) is 0 Å². The predicted octanol–water partition coefficient (Wildman–Crippen LogP) is 0.862. The summed E-state index contributed by atoms with van der Waals surface area (Å²) in [5, 5.41) is 20.9. The molecule has 5 nitrogen and oxygen atoms in total. The van der Waals surface area contributed by atoms with Gasteiger partial charge in [0, 0.05) is 0 Å². The molecule has 0 aromatic carbocycles. The molecular weight excluding hydrogens is 254 g/mol. The van der Waals surface area contributed by atoms with E-state index in [0.29, 0.717) is 5.92 Å². The molecule has 1 aliphatic carbocycles. The Kier molecular flexibility index (Phi) is 5.95. The fourth-order valence-electron chi connectivity index (χ4n) is 2.52. The van der Waals surface area contributed by atoms with Crippen LogP contribution >= 0.6 is 11.8 Å². The number of hydrogen-bond acceptors (Lipinski definition) is 4. The Morgan fingerprint density at radius 3 is 2.72 bits per heavy atom. The van der Waals surface area contributed by atoms with Crippen LogP contribution < -0.4 is 5.32 Å². The first-order valence-electron chi connectivity index (χ1n) is 6.19. The van der Waals surface area contributed by atoms with E-state index in [1.807, 2.05) is 0 Å². The number of carbonyl (C=O) groups excluding carboxylic acids is 1. The van der Waals surface area contributed by atoms with Crippen molar-refractivity contribution in [1.29, 1.82) is 0 Å². The predicted molar refractivity (Wildman–Crippen MR) is 70.6 cm³/mol. The summed E-state index contributed by atoms with van der Waals surface area (Å²) < 4.78 is 0. The molecule has 0 aromatic rings. The molecule has 0 heterocycles. The van der Waals surface area contributed by atoms with E-state index in [1.54, 1.807) is 0 Å². The molecule has 2 atom stereocenters. The Balaban J connectivity index is 2.42. The van der Waals surface area contributed by atoms with Crippen LogP contribution in [0.4, 0.5) is 0 Å². The number of aliphatic carboxylic acids is 1. The molecule has 104 valence electrons. The smallest absolute Gasteiger partial charge is 0.313 e. The van der Waals surface area contributed by atoms with Gasteiger partial charge >= 0.3 is 5.97 Å². The second-order valence-electron chi connectivity index (χ2n) is 5.07. The summed E-state index contributed by atoms with van der Waals surface area (Å²) in [6.07, 6.45) is 3.72. The Bertz CT molecular complexity index is 310. The third kappa shape index (κ3) is 4.86. The number of aliphatic hydroxyl groups is 1. The van der Waals surface area contributed by atoms with E-state index in [1.165, 1.54) is 0 Å². The number of carbonyl (C=O) groups is 2. The third-order valence-electron chi connectivity index (χ3n) is 3.26. The van der Waals surface area contributed by atoms with Crippen molar-refractivity contribution in [3.8, 4) is 0 Å². The SMILES string of the molecule is CC1CCCC(CO)(NC(=O)CSCC(=O)O)C1. The lowest BCUT2D eigenvalue weighted by atomic mass is 9.77. The van der Waals surface area contributed by atoms with Crippen molar-refractivity contribution in [3.63, 3.8) is 0 Å². The molecule has 0 aliphatic heterocycles. The highest BCUT2D eigenvalue weighted by Crippen LogP contribution is 2.31. The van der Waals surface area contributed by atoms with E-state index in [-0.39, 0.29) is 24.0 Å². The molecule has 0 radical (unpaired) electrons. The van der Waals surface area contributed by atoms with Gasteiger partial charge in [0.05, 0.1) is 23.7 Å². The largest absolute Gasteiger partial charge is 0.481 e. The number of nitrogens with one attached hydrogen (secondary N) is 1. The summed E-state index contributed by atoms with van der Waals surface area (Å²) >= 11 is 1.07. The van der Waals surface area contributed by atoms with Crippen molar-refractivity contribution in [2.75, 3.05) is 18.1 Å². The van der Waals surface area contributed by atoms with Gasteiger partial charge in [0.1, 0.15) is 0 Å². The summed E-state index contributed by atoms with van der Waals surface area (Å²) in [6.45, 7) is 2.07. The van der Waals surface area contributed by atoms with E-state index in [0.717, 1.165) is 37.4 Å². The summed E-state index contributed by atoms with van der Waals surface area (Å²) in [7, 11) is 0. The first-order chi connectivity index (χ1) is 8.47. The molecular formula is C12H21NO4S. The quantitative estimate of drug-likeness (QED) is 0.669. The number of aliphatic hydroxyl groups excluding tert-OH is 1. The number of thioether (sulfide) groups is 1. The highest BCUT2D eigenvalue weighted by molar-refractivity contribution is 8.00. The summed E-state index contributed by atoms with van der Waals surface area (Å²) in [5.74, 6) is -0.559. The topological polar surface area (TPSA) is 86.6 Å². The summed E-state index contributed by atoms with van der Waals surface area (Å²) in [5.41, 5.74) is -0.501. The van der Waals surface area contributed by atoms with Gasteiger partial charge in [-0.2, -0.15) is 0 Å². The van der Waals surface area contributed by atoms with Crippen LogP contribution in [0.3, 0.4) is 0 Å². The van der Waals surface area contributed by atoms with E-state index in [4.69, 9.17) is 5.11 Å². The molecule has 2 unspecified atom stereocenters. The lowest BCUT2D eigenvalue weighted by Crippen LogP contribution is -2.54. The maximum Gasteiger partial charge on any atom is 0.313 e. The Hall–Kier alpha value is -0.750. The van der Waals surface area contributed by atoms with Gasteiger partial charge in [-0.15, -0.1) is 11.8 Å². The Morgan fingerprint density at radius 2 is 2.17 bits per heavy atom. The second-order valence-corrected chi connectivity index (χ2v) is 6.06. The molecule has 0 spiro atoms. The molecule has 0 aromatic heterocycles. The van der Waals surface area contributed by atoms with Gasteiger partial charge in [-0.1, -0.05) is 19.8 Å². The van der Waals surface area contributed by atoms with Crippen LogP contribution in [0.25, 0.3) is 0 Å². The van der Waals surface area contributed by atoms with E-state index >= 15 is 0 Å². The van der Waals surface area contributed by atoms with Gasteiger partial charge in [-0.3, -0.25) is 9.59 Å². The zero-order valence-electron chi connectivity index (χ0n) is 10.6. The zero-order chi connectivity index (χ0) is 13.6. The lowest BCUT2D eigenvalue weighted by Gasteiger charge is -2.39. The standard InChI is InChI=1S/C12H21NO4S/c1-9-3-2-4-12(5-9,8-14)13-10(15)6-18-7-11(16)17/h9,14H,2-8H2,1H3,(H,13,15)(H,16,17). The molecule has 1 amide bonds. The number of hydrogen-bond donors (Lipinski definition) is 3. The molecule has 18 heavy (non-hydrogen) atoms. The van der Waals surface area contributed by atoms with E-state index in [9.17, 15) is 14.7 Å². The van der Waals surface area contributed by atoms with Crippen molar-refractivity contribution < 1.29 is 19.8 Å². The highest BCUT2D eigenvalue weighted by Gasteiger charge is 2.35. The van der Waals surface area contributed by atoms with Crippen molar-refractivity contribution in [2.24, 2.45) is 5.92 Å². The third-order valence-corrected chi connectivity index (χ3v) is 4.17. The van der Waals surface area contributed by atoms with Crippen LogP contribution in [0.2, 0.25) is 0 Å². The van der Waals surface area contributed by atoms with Crippen LogP contribution in [0.1, 0.15) is 32.6 Å². The number of amides is 1. The maximum atomic E-state index is 11.7. The first kappa shape index (κ1) is 15.3. The first-order valence-corrected chi connectivity index (χ1v) is 7.34. The maximum absolute atomic E-state index is 11.7. The minimum absolute atomic E-state index is 0.0489. The number of rotatable bonds is 6. The Labute approximate surface area is 111 Å². The van der Waals surface area contributed by atoms with Crippen LogP contribution in [-0.2, 0) is 9.59 Å². The zero-order valence-corrected chi connectivity index (χ0v) is 11.5. The van der Waals surface area contributed by atoms with E-state index in [2.05, 4.69) is 12.2 Å². The van der Waals surface area contributed by atoms with Crippen molar-refractivity contribution in [2.45, 2.75) is 38.1 Å². The monoisotopic (exact) mass is 275 g/mol. The fraction of sp³-hybridized carbons (Fsp3) is 0.833. The van der Waals surface area contributed by atoms with Crippen LogP contribution in [-0.4, -0.2) is 45.7 Å². The second kappa shape index (κ2) is 6.99. The Morgan fingerprint density at radius 1 is 1.44 bits per heavy atom. The number of carboxylic acids is 1. The normalized spacial score (nSPS) is 27.8. The van der Waals surface area contributed by atoms with Gasteiger partial charge in [0.15, 0.2) is 0 Å². The van der Waals surface area contributed by atoms with Gasteiger partial charge in [-0.25, -0.2) is 0 Å². The van der Waals surface area contributed by atoms with Crippen LogP contribution in [0, 0.1) is 5.92 Å². The van der Waals surface area contributed by atoms with Crippen molar-refractivity contribution in [1.82, 2.24) is 5.32 Å².